The van der Waals surface area contributed by atoms with Crippen LogP contribution in [0.15, 0.2) is 53.9 Å². The number of unbranched alkanes of at least 4 members (excludes halogenated alkanes) is 1. The first-order valence-electron chi connectivity index (χ1n) is 23.1. The second-order valence-electron chi connectivity index (χ2n) is 17.4. The molecule has 370 valence electrons. The smallest absolute Gasteiger partial charge is 0.305 e. The highest BCUT2D eigenvalue weighted by atomic mass is 32.1. The molecule has 8 amide bonds. The van der Waals surface area contributed by atoms with Crippen molar-refractivity contribution in [1.29, 1.82) is 0 Å². The molecule has 2 saturated heterocycles. The van der Waals surface area contributed by atoms with Gasteiger partial charge in [-0.2, -0.15) is 0 Å². The van der Waals surface area contributed by atoms with Crippen LogP contribution in [0.3, 0.4) is 0 Å². The minimum Gasteiger partial charge on any atom is -0.481 e. The van der Waals surface area contributed by atoms with Crippen molar-refractivity contribution in [3.63, 3.8) is 0 Å². The average Bonchev–Trinajstić information content (AvgIpc) is 4.17. The van der Waals surface area contributed by atoms with Crippen molar-refractivity contribution in [3.05, 3.63) is 70.8 Å². The summed E-state index contributed by atoms with van der Waals surface area (Å²) >= 11 is 1.26. The van der Waals surface area contributed by atoms with Gasteiger partial charge < -0.3 is 57.2 Å². The number of primary amides is 1. The molecular formula is C46H60N12O10S. The number of imidazole rings is 1. The lowest BCUT2D eigenvalue weighted by Crippen LogP contribution is -2.64. The second kappa shape index (κ2) is 24.2. The summed E-state index contributed by atoms with van der Waals surface area (Å²) in [7, 11) is 0. The molecule has 0 radical (unpaired) electrons. The zero-order valence-electron chi connectivity index (χ0n) is 38.5. The Labute approximate surface area is 401 Å². The molecule has 22 nitrogen and oxygen atoms in total. The van der Waals surface area contributed by atoms with Crippen molar-refractivity contribution >= 4 is 75.5 Å². The molecule has 5 heterocycles. The number of carboxylic acids is 1. The Kier molecular flexibility index (Phi) is 18.0. The lowest BCUT2D eigenvalue weighted by molar-refractivity contribution is -0.154. The van der Waals surface area contributed by atoms with Crippen molar-refractivity contribution < 1.29 is 48.3 Å². The Morgan fingerprint density at radius 3 is 2.36 bits per heavy atom. The minimum atomic E-state index is -1.96. The van der Waals surface area contributed by atoms with Crippen LogP contribution in [0.25, 0.3) is 10.9 Å². The van der Waals surface area contributed by atoms with Crippen LogP contribution in [0.4, 0.5) is 0 Å². The summed E-state index contributed by atoms with van der Waals surface area (Å²) in [4.78, 5) is 142. The minimum absolute atomic E-state index is 0.0258. The number of carboxylic acid groups (broad SMARTS) is 1. The van der Waals surface area contributed by atoms with Gasteiger partial charge in [-0.1, -0.05) is 38.0 Å². The fourth-order valence-corrected chi connectivity index (χ4v) is 9.50. The van der Waals surface area contributed by atoms with E-state index in [9.17, 15) is 48.3 Å². The number of hydrogen-bond donors (Lipinski definition) is 9. The molecule has 0 spiro atoms. The molecule has 0 aliphatic carbocycles. The van der Waals surface area contributed by atoms with E-state index in [2.05, 4.69) is 46.5 Å². The number of para-hydroxylation sites is 1. The zero-order chi connectivity index (χ0) is 49.6. The van der Waals surface area contributed by atoms with Crippen LogP contribution in [0.2, 0.25) is 0 Å². The molecule has 69 heavy (non-hydrogen) atoms. The Hall–Kier alpha value is -7.17. The van der Waals surface area contributed by atoms with Crippen LogP contribution in [-0.2, 0) is 62.4 Å². The second-order valence-corrected chi connectivity index (χ2v) is 18.1. The predicted molar refractivity (Wildman–Crippen MR) is 250 cm³/mol. The molecular weight excluding hydrogens is 913 g/mol. The van der Waals surface area contributed by atoms with Gasteiger partial charge in [-0.15, -0.1) is 11.3 Å². The molecule has 0 saturated carbocycles. The molecule has 2 aliphatic heterocycles. The van der Waals surface area contributed by atoms with Crippen LogP contribution in [-0.4, -0.2) is 143 Å². The number of nitrogens with zero attached hydrogens (tertiary/aromatic N) is 4. The molecule has 23 heteroatoms. The normalized spacial score (nSPS) is 22.9. The van der Waals surface area contributed by atoms with Gasteiger partial charge in [-0.25, -0.2) is 9.97 Å². The maximum atomic E-state index is 14.8. The number of aromatic nitrogens is 4. The van der Waals surface area contributed by atoms with Crippen molar-refractivity contribution in [3.8, 4) is 0 Å². The molecule has 2 fully saturated rings. The molecule has 0 unspecified atom stereocenters. The molecule has 3 aromatic heterocycles. The molecule has 7 atom stereocenters. The summed E-state index contributed by atoms with van der Waals surface area (Å²) in [5.41, 5.74) is 9.91. The fraction of sp³-hybridized carbons (Fsp3) is 0.500. The third-order valence-corrected chi connectivity index (χ3v) is 13.0. The summed E-state index contributed by atoms with van der Waals surface area (Å²) in [6.45, 7) is 3.21. The van der Waals surface area contributed by atoms with E-state index >= 15 is 0 Å². The Morgan fingerprint density at radius 2 is 1.67 bits per heavy atom. The maximum Gasteiger partial charge on any atom is 0.305 e. The number of carbonyl (C=O) groups excluding carboxylic acids is 8. The summed E-state index contributed by atoms with van der Waals surface area (Å²) in [5.74, 6) is -7.96. The summed E-state index contributed by atoms with van der Waals surface area (Å²) in [5, 5.41) is 26.5. The highest BCUT2D eigenvalue weighted by Crippen LogP contribution is 2.24. The lowest BCUT2D eigenvalue weighted by Gasteiger charge is -2.38. The number of rotatable bonds is 14. The Bertz CT molecular complexity index is 2460. The van der Waals surface area contributed by atoms with E-state index in [-0.39, 0.29) is 64.5 Å². The van der Waals surface area contributed by atoms with E-state index in [1.165, 1.54) is 35.7 Å². The van der Waals surface area contributed by atoms with E-state index in [0.29, 0.717) is 30.7 Å². The standard InChI is InChI=1S/C46H60N12O10S/c1-3-4-11-32(53-26(2)59)46(68)58-36(40(47)62)13-7-8-15-49-41(63)33(17-27-21-50-31-12-6-5-10-30(27)31)54-43(65)37-14-9-16-57(37)45(67)35(19-29-23-69-25-52-29)56-42(64)34(18-28-22-48-24-51-28)55-44(66)38(58)20-39(60)61/h5-6,10,12,21-25,32-38,50H,3-4,7-9,11,13-20H2,1-2H3,(H2,47,62)(H,48,51)(H,49,63)(H,53,59)(H,54,65)(H,55,66)(H,56,64)(H,60,61)/t32-,33-,34-,35+,36-,37-,38-/m0/s1. The zero-order valence-corrected chi connectivity index (χ0v) is 39.3. The van der Waals surface area contributed by atoms with Gasteiger partial charge in [-0.05, 0) is 50.2 Å². The number of nitrogens with one attached hydrogen (secondary N) is 7. The molecule has 10 N–H and O–H groups in total. The number of aromatic amines is 2. The summed E-state index contributed by atoms with van der Waals surface area (Å²) < 4.78 is 0. The van der Waals surface area contributed by atoms with E-state index in [1.807, 2.05) is 31.2 Å². The van der Waals surface area contributed by atoms with E-state index in [0.717, 1.165) is 21.4 Å². The number of H-pyrrole nitrogens is 2. The third-order valence-electron chi connectivity index (χ3n) is 12.3. The highest BCUT2D eigenvalue weighted by molar-refractivity contribution is 7.07. The van der Waals surface area contributed by atoms with E-state index < -0.39 is 102 Å². The van der Waals surface area contributed by atoms with Gasteiger partial charge in [-0.3, -0.25) is 43.2 Å². The molecule has 2 aliphatic rings. The number of thiazole rings is 1. The van der Waals surface area contributed by atoms with Crippen LogP contribution < -0.4 is 32.3 Å². The summed E-state index contributed by atoms with van der Waals surface area (Å²) in [6, 6.07) is -2.44. The fourth-order valence-electron chi connectivity index (χ4n) is 8.93. The van der Waals surface area contributed by atoms with Crippen molar-refractivity contribution in [2.75, 3.05) is 13.1 Å². The van der Waals surface area contributed by atoms with Crippen molar-refractivity contribution in [2.45, 2.75) is 133 Å². The molecule has 1 aromatic carbocycles. The van der Waals surface area contributed by atoms with Crippen LogP contribution in [0.5, 0.6) is 0 Å². The van der Waals surface area contributed by atoms with Gasteiger partial charge in [0.1, 0.15) is 42.3 Å². The Morgan fingerprint density at radius 1 is 0.913 bits per heavy atom. The molecule has 6 rings (SSSR count). The highest BCUT2D eigenvalue weighted by Gasteiger charge is 2.44. The van der Waals surface area contributed by atoms with Gasteiger partial charge in [0, 0.05) is 73.6 Å². The Balaban J connectivity index is 1.43. The monoisotopic (exact) mass is 972 g/mol. The maximum absolute atomic E-state index is 14.8. The summed E-state index contributed by atoms with van der Waals surface area (Å²) in [6.07, 6.45) is 5.03. The molecule has 4 aromatic rings. The topological polar surface area (TPSA) is 324 Å². The third kappa shape index (κ3) is 13.5. The van der Waals surface area contributed by atoms with Gasteiger partial charge in [0.2, 0.25) is 47.3 Å². The SMILES string of the molecule is CCCC[C@H](NC(C)=O)C(=O)N1[C@H](C(N)=O)CCCCNC(=O)[C@H](Cc2c[nH]c3ccccc23)NC(=O)[C@@H]2CCCN2C(=O)[C@@H](Cc2cscn2)NC(=O)[C@H](Cc2cnc[nH]2)NC(=O)[C@@H]1CC(=O)O. The van der Waals surface area contributed by atoms with E-state index in [1.54, 1.807) is 17.1 Å². The van der Waals surface area contributed by atoms with Gasteiger partial charge in [0.25, 0.3) is 0 Å². The van der Waals surface area contributed by atoms with Crippen LogP contribution in [0.1, 0.15) is 88.6 Å². The van der Waals surface area contributed by atoms with Gasteiger partial charge >= 0.3 is 5.97 Å². The largest absolute Gasteiger partial charge is 0.481 e. The predicted octanol–water partition coefficient (Wildman–Crippen LogP) is 0.342. The first-order chi connectivity index (χ1) is 33.1. The van der Waals surface area contributed by atoms with Crippen molar-refractivity contribution in [2.24, 2.45) is 5.73 Å². The molecule has 0 bridgehead atoms. The van der Waals surface area contributed by atoms with Gasteiger partial charge in [0.05, 0.1) is 24.0 Å². The number of amides is 8. The number of nitrogens with two attached hydrogens (primary N) is 1. The van der Waals surface area contributed by atoms with Gasteiger partial charge in [0.15, 0.2) is 0 Å². The van der Waals surface area contributed by atoms with Crippen LogP contribution >= 0.6 is 11.3 Å². The van der Waals surface area contributed by atoms with E-state index in [4.69, 9.17) is 5.73 Å². The number of fused-ring (bicyclic) bond motifs is 2. The first kappa shape index (κ1) is 51.2. The number of carbonyl (C=O) groups is 9. The van der Waals surface area contributed by atoms with Crippen molar-refractivity contribution in [1.82, 2.24) is 56.3 Å². The number of hydrogen-bond acceptors (Lipinski definition) is 12. The van der Waals surface area contributed by atoms with Crippen LogP contribution in [0, 0.1) is 0 Å². The number of benzene rings is 1. The lowest BCUT2D eigenvalue weighted by atomic mass is 9.98. The average molecular weight is 973 g/mol. The number of aliphatic carboxylic acids is 1. The quantitative estimate of drug-likeness (QED) is 0.0827. The first-order valence-corrected chi connectivity index (χ1v) is 24.1.